The highest BCUT2D eigenvalue weighted by atomic mass is 28.4. The van der Waals surface area contributed by atoms with Crippen molar-refractivity contribution < 1.29 is 4.43 Å². The van der Waals surface area contributed by atoms with Crippen molar-refractivity contribution in [2.45, 2.75) is 84.9 Å². The Balaban J connectivity index is 4.47. The van der Waals surface area contributed by atoms with Crippen LogP contribution >= 0.6 is 0 Å². The fourth-order valence-electron chi connectivity index (χ4n) is 4.26. The third kappa shape index (κ3) is 13.3. The van der Waals surface area contributed by atoms with Crippen LogP contribution < -0.4 is 0 Å². The van der Waals surface area contributed by atoms with Crippen molar-refractivity contribution in [2.75, 3.05) is 66.5 Å². The van der Waals surface area contributed by atoms with Gasteiger partial charge >= 0.3 is 0 Å². The first-order chi connectivity index (χ1) is 13.5. The Labute approximate surface area is 179 Å². The molecule has 0 aromatic carbocycles. The van der Waals surface area contributed by atoms with Gasteiger partial charge in [0.2, 0.25) is 0 Å². The van der Waals surface area contributed by atoms with Crippen molar-refractivity contribution >= 4 is 8.32 Å². The molecule has 0 spiro atoms. The molecule has 4 nitrogen and oxygen atoms in total. The minimum atomic E-state index is -1.47. The summed E-state index contributed by atoms with van der Waals surface area (Å²) in [6.45, 7) is 20.9. The second-order valence-electron chi connectivity index (χ2n) is 8.58. The highest BCUT2D eigenvalue weighted by Crippen LogP contribution is 2.24. The van der Waals surface area contributed by atoms with E-state index in [-0.39, 0.29) is 0 Å². The normalized spacial score (nSPS) is 12.6. The molecule has 0 bridgehead atoms. The van der Waals surface area contributed by atoms with Gasteiger partial charge in [0.15, 0.2) is 8.32 Å². The maximum atomic E-state index is 6.30. The molecule has 5 heteroatoms. The topological polar surface area (TPSA) is 19.0 Å². The molecular formula is C23H53N3OSi. The highest BCUT2D eigenvalue weighted by molar-refractivity contribution is 6.73. The number of nitrogens with zero attached hydrogens (tertiary/aromatic N) is 3. The number of hydrogen-bond donors (Lipinski definition) is 0. The van der Waals surface area contributed by atoms with Crippen LogP contribution in [0.25, 0.3) is 0 Å². The van der Waals surface area contributed by atoms with Gasteiger partial charge in [0.05, 0.1) is 0 Å². The summed E-state index contributed by atoms with van der Waals surface area (Å²) in [6, 6.07) is 3.86. The lowest BCUT2D eigenvalue weighted by Crippen LogP contribution is -2.38. The summed E-state index contributed by atoms with van der Waals surface area (Å²) < 4.78 is 6.30. The van der Waals surface area contributed by atoms with E-state index in [1.165, 1.54) is 96.0 Å². The Morgan fingerprint density at radius 3 is 1.46 bits per heavy atom. The van der Waals surface area contributed by atoms with E-state index in [1.807, 2.05) is 0 Å². The lowest BCUT2D eigenvalue weighted by atomic mass is 10.2. The summed E-state index contributed by atoms with van der Waals surface area (Å²) in [7, 11) is 3.05. The average molecular weight is 416 g/mol. The second-order valence-corrected chi connectivity index (χ2v) is 13.2. The van der Waals surface area contributed by atoms with Gasteiger partial charge in [0.1, 0.15) is 0 Å². The summed E-state index contributed by atoms with van der Waals surface area (Å²) in [5, 5.41) is 0. The van der Waals surface area contributed by atoms with Gasteiger partial charge in [-0.15, -0.1) is 0 Å². The van der Waals surface area contributed by atoms with Crippen molar-refractivity contribution in [3.8, 4) is 0 Å². The first kappa shape index (κ1) is 28.1. The summed E-state index contributed by atoms with van der Waals surface area (Å²) in [6.07, 6.45) is 6.39. The van der Waals surface area contributed by atoms with Crippen LogP contribution in [-0.2, 0) is 4.43 Å². The van der Waals surface area contributed by atoms with Crippen molar-refractivity contribution in [1.82, 2.24) is 14.7 Å². The zero-order chi connectivity index (χ0) is 21.3. The Hall–Kier alpha value is 0.0569. The molecule has 0 N–H and O–H groups in total. The van der Waals surface area contributed by atoms with Gasteiger partial charge in [-0.25, -0.2) is 0 Å². The number of rotatable bonds is 20. The van der Waals surface area contributed by atoms with Crippen molar-refractivity contribution in [3.05, 3.63) is 0 Å². The van der Waals surface area contributed by atoms with Gasteiger partial charge in [0.25, 0.3) is 0 Å². The monoisotopic (exact) mass is 415 g/mol. The molecule has 170 valence electrons. The third-order valence-corrected chi connectivity index (χ3v) is 10.8. The van der Waals surface area contributed by atoms with Crippen LogP contribution in [0.2, 0.25) is 18.1 Å². The van der Waals surface area contributed by atoms with Crippen LogP contribution in [0.15, 0.2) is 0 Å². The first-order valence-corrected chi connectivity index (χ1v) is 14.7. The van der Waals surface area contributed by atoms with Crippen LogP contribution in [0.4, 0.5) is 0 Å². The molecule has 0 aliphatic carbocycles. The highest BCUT2D eigenvalue weighted by Gasteiger charge is 2.29. The molecule has 0 radical (unpaired) electrons. The van der Waals surface area contributed by atoms with Gasteiger partial charge in [0, 0.05) is 6.61 Å². The smallest absolute Gasteiger partial charge is 0.192 e. The minimum Gasteiger partial charge on any atom is -0.417 e. The predicted molar refractivity (Wildman–Crippen MR) is 129 cm³/mol. The van der Waals surface area contributed by atoms with Crippen LogP contribution in [0.3, 0.4) is 0 Å². The van der Waals surface area contributed by atoms with Crippen LogP contribution in [0.1, 0.15) is 66.7 Å². The molecule has 0 aliphatic heterocycles. The largest absolute Gasteiger partial charge is 0.417 e. The first-order valence-electron chi connectivity index (χ1n) is 12.2. The van der Waals surface area contributed by atoms with E-state index in [0.717, 1.165) is 6.61 Å². The molecule has 0 saturated carbocycles. The predicted octanol–water partition coefficient (Wildman–Crippen LogP) is 5.16. The summed E-state index contributed by atoms with van der Waals surface area (Å²) in [5.41, 5.74) is 0. The van der Waals surface area contributed by atoms with Gasteiger partial charge in [-0.2, -0.15) is 0 Å². The summed E-state index contributed by atoms with van der Waals surface area (Å²) >= 11 is 0. The van der Waals surface area contributed by atoms with Gasteiger partial charge < -0.3 is 19.1 Å². The van der Waals surface area contributed by atoms with Crippen LogP contribution in [-0.4, -0.2) is 89.5 Å². The zero-order valence-electron chi connectivity index (χ0n) is 20.6. The molecule has 0 aromatic heterocycles. The molecule has 0 aliphatic rings. The van der Waals surface area contributed by atoms with E-state index in [0.29, 0.717) is 0 Å². The molecule has 28 heavy (non-hydrogen) atoms. The Morgan fingerprint density at radius 1 is 0.607 bits per heavy atom. The minimum absolute atomic E-state index is 0.894. The second kappa shape index (κ2) is 17.9. The Bertz CT molecular complexity index is 322. The lowest BCUT2D eigenvalue weighted by Gasteiger charge is -2.30. The maximum Gasteiger partial charge on any atom is 0.192 e. The summed E-state index contributed by atoms with van der Waals surface area (Å²) in [4.78, 5) is 7.69. The Morgan fingerprint density at radius 2 is 1.07 bits per heavy atom. The van der Waals surface area contributed by atoms with E-state index in [9.17, 15) is 0 Å². The molecule has 0 atom stereocenters. The fraction of sp³-hybridized carbons (Fsp3) is 1.00. The maximum absolute atomic E-state index is 6.30. The summed E-state index contributed by atoms with van der Waals surface area (Å²) in [5.74, 6) is 0. The van der Waals surface area contributed by atoms with E-state index in [4.69, 9.17) is 4.43 Å². The van der Waals surface area contributed by atoms with Gasteiger partial charge in [-0.3, -0.25) is 0 Å². The van der Waals surface area contributed by atoms with Gasteiger partial charge in [-0.05, 0) is 117 Å². The van der Waals surface area contributed by atoms with Crippen LogP contribution in [0, 0.1) is 0 Å². The molecule has 0 aromatic rings. The van der Waals surface area contributed by atoms with E-state index < -0.39 is 8.32 Å². The SMILES string of the molecule is CCCN(C)CCCN(CCCN(C)CCC)CCC[Si](CC)(CC)OCC. The lowest BCUT2D eigenvalue weighted by molar-refractivity contribution is 0.226. The molecular weight excluding hydrogens is 362 g/mol. The third-order valence-electron chi connectivity index (χ3n) is 6.08. The molecule has 0 amide bonds. The standard InChI is InChI=1S/C23H53N3OSi/c1-8-16-24(6)18-13-20-26(21-14-19-25(7)17-9-2)22-15-23-28(11-4,12-5)27-10-3/h8-23H2,1-7H3. The average Bonchev–Trinajstić information content (AvgIpc) is 2.67. The number of hydrogen-bond acceptors (Lipinski definition) is 4. The Kier molecular flexibility index (Phi) is 17.9. The van der Waals surface area contributed by atoms with Crippen molar-refractivity contribution in [1.29, 1.82) is 0 Å². The molecule has 0 unspecified atom stereocenters. The zero-order valence-corrected chi connectivity index (χ0v) is 21.6. The van der Waals surface area contributed by atoms with E-state index >= 15 is 0 Å². The van der Waals surface area contributed by atoms with Crippen molar-refractivity contribution in [3.63, 3.8) is 0 Å². The molecule has 0 rings (SSSR count). The van der Waals surface area contributed by atoms with E-state index in [1.54, 1.807) is 0 Å². The molecule has 0 saturated heterocycles. The van der Waals surface area contributed by atoms with E-state index in [2.05, 4.69) is 63.4 Å². The quantitative estimate of drug-likeness (QED) is 0.255. The fourth-order valence-corrected chi connectivity index (χ4v) is 7.44. The van der Waals surface area contributed by atoms with Crippen molar-refractivity contribution in [2.24, 2.45) is 0 Å². The molecule has 0 heterocycles. The van der Waals surface area contributed by atoms with Gasteiger partial charge in [-0.1, -0.05) is 27.7 Å². The van der Waals surface area contributed by atoms with Crippen LogP contribution in [0.5, 0.6) is 0 Å². The molecule has 0 fully saturated rings.